The zero-order chi connectivity index (χ0) is 19.5. The van der Waals surface area contributed by atoms with Gasteiger partial charge in [-0.15, -0.1) is 11.3 Å². The van der Waals surface area contributed by atoms with Gasteiger partial charge in [-0.25, -0.2) is 9.97 Å². The summed E-state index contributed by atoms with van der Waals surface area (Å²) in [6, 6.07) is 19.5. The number of aromatic nitrogens is 2. The number of thiophene rings is 1. The molecule has 2 heterocycles. The van der Waals surface area contributed by atoms with Gasteiger partial charge >= 0.3 is 0 Å². The van der Waals surface area contributed by atoms with Gasteiger partial charge in [-0.1, -0.05) is 48.2 Å². The van der Waals surface area contributed by atoms with E-state index in [1.54, 1.807) is 22.6 Å². The molecule has 0 radical (unpaired) electrons. The van der Waals surface area contributed by atoms with Gasteiger partial charge in [0, 0.05) is 21.6 Å². The van der Waals surface area contributed by atoms with Crippen LogP contribution >= 0.6 is 23.1 Å². The van der Waals surface area contributed by atoms with Crippen LogP contribution in [0.5, 0.6) is 0 Å². The summed E-state index contributed by atoms with van der Waals surface area (Å²) in [4.78, 5) is 26.0. The van der Waals surface area contributed by atoms with Crippen LogP contribution in [0.3, 0.4) is 0 Å². The molecule has 0 saturated heterocycles. The third-order valence-corrected chi connectivity index (χ3v) is 6.63. The highest BCUT2D eigenvalue weighted by Crippen LogP contribution is 2.35. The molecule has 0 saturated carbocycles. The van der Waals surface area contributed by atoms with Crippen LogP contribution in [0.15, 0.2) is 72.0 Å². The fourth-order valence-electron chi connectivity index (χ4n) is 3.05. The Labute approximate surface area is 172 Å². The Balaban J connectivity index is 1.63. The quantitative estimate of drug-likeness (QED) is 0.313. The average Bonchev–Trinajstić information content (AvgIpc) is 3.02. The van der Waals surface area contributed by atoms with Crippen molar-refractivity contribution in [1.82, 2.24) is 9.97 Å². The van der Waals surface area contributed by atoms with E-state index in [2.05, 4.69) is 23.8 Å². The molecule has 0 aliphatic heterocycles. The summed E-state index contributed by atoms with van der Waals surface area (Å²) in [7, 11) is 0. The number of fused-ring (bicyclic) bond motifs is 1. The van der Waals surface area contributed by atoms with Crippen molar-refractivity contribution in [2.45, 2.75) is 18.9 Å². The molecule has 2 aromatic heterocycles. The Morgan fingerprint density at radius 3 is 2.18 bits per heavy atom. The molecule has 4 rings (SSSR count). The highest BCUT2D eigenvalue weighted by atomic mass is 32.2. The van der Waals surface area contributed by atoms with E-state index in [0.29, 0.717) is 5.75 Å². The molecular formula is C22H19N3OS2. The third-order valence-electron chi connectivity index (χ3n) is 4.54. The first-order valence-corrected chi connectivity index (χ1v) is 10.7. The van der Waals surface area contributed by atoms with E-state index in [9.17, 15) is 4.79 Å². The van der Waals surface area contributed by atoms with Crippen molar-refractivity contribution in [2.24, 2.45) is 0 Å². The lowest BCUT2D eigenvalue weighted by atomic mass is 10.2. The molecule has 0 aliphatic carbocycles. The smallest absolute Gasteiger partial charge is 0.241 e. The first kappa shape index (κ1) is 18.7. The van der Waals surface area contributed by atoms with Gasteiger partial charge in [0.2, 0.25) is 5.91 Å². The van der Waals surface area contributed by atoms with Gasteiger partial charge < -0.3 is 0 Å². The van der Waals surface area contributed by atoms with Crippen molar-refractivity contribution in [3.8, 4) is 0 Å². The summed E-state index contributed by atoms with van der Waals surface area (Å²) in [6.07, 6.45) is 1.58. The molecule has 4 nitrogen and oxygen atoms in total. The number of hydrogen-bond donors (Lipinski definition) is 0. The van der Waals surface area contributed by atoms with Gasteiger partial charge in [0.1, 0.15) is 16.2 Å². The van der Waals surface area contributed by atoms with E-state index >= 15 is 0 Å². The Morgan fingerprint density at radius 1 is 0.964 bits per heavy atom. The van der Waals surface area contributed by atoms with Crippen LogP contribution in [-0.4, -0.2) is 21.6 Å². The number of amides is 1. The summed E-state index contributed by atoms with van der Waals surface area (Å²) in [6.45, 7) is 4.18. The summed E-state index contributed by atoms with van der Waals surface area (Å²) >= 11 is 3.13. The van der Waals surface area contributed by atoms with E-state index in [0.717, 1.165) is 26.6 Å². The highest BCUT2D eigenvalue weighted by Gasteiger charge is 2.20. The van der Waals surface area contributed by atoms with Crippen LogP contribution in [0.25, 0.3) is 10.2 Å². The fourth-order valence-corrected chi connectivity index (χ4v) is 5.01. The van der Waals surface area contributed by atoms with Crippen molar-refractivity contribution < 1.29 is 4.79 Å². The molecule has 140 valence electrons. The first-order chi connectivity index (χ1) is 13.6. The number of carbonyl (C=O) groups excluding carboxylic acids is 1. The Morgan fingerprint density at radius 2 is 1.57 bits per heavy atom. The number of carbonyl (C=O) groups is 1. The van der Waals surface area contributed by atoms with Crippen molar-refractivity contribution in [2.75, 3.05) is 10.7 Å². The van der Waals surface area contributed by atoms with Crippen molar-refractivity contribution in [3.63, 3.8) is 0 Å². The van der Waals surface area contributed by atoms with Gasteiger partial charge in [-0.05, 0) is 43.7 Å². The number of para-hydroxylation sites is 2. The van der Waals surface area contributed by atoms with Crippen LogP contribution in [0.1, 0.15) is 10.4 Å². The van der Waals surface area contributed by atoms with Crippen molar-refractivity contribution >= 4 is 50.6 Å². The second-order valence-electron chi connectivity index (χ2n) is 6.33. The largest absolute Gasteiger partial charge is 0.280 e. The monoisotopic (exact) mass is 405 g/mol. The van der Waals surface area contributed by atoms with E-state index in [-0.39, 0.29) is 5.91 Å². The average molecular weight is 406 g/mol. The summed E-state index contributed by atoms with van der Waals surface area (Å²) in [5.41, 5.74) is 2.91. The number of thioether (sulfide) groups is 1. The lowest BCUT2D eigenvalue weighted by Crippen LogP contribution is -2.27. The summed E-state index contributed by atoms with van der Waals surface area (Å²) < 4.78 is 0. The number of benzene rings is 2. The lowest BCUT2D eigenvalue weighted by Gasteiger charge is -2.23. The number of aryl methyl sites for hydroxylation is 2. The Hall–Kier alpha value is -2.70. The molecule has 0 bridgehead atoms. The molecule has 2 aromatic carbocycles. The predicted octanol–water partition coefficient (Wildman–Crippen LogP) is 5.77. The molecule has 0 fully saturated rings. The Bertz CT molecular complexity index is 1070. The van der Waals surface area contributed by atoms with E-state index in [4.69, 9.17) is 0 Å². The second kappa shape index (κ2) is 8.12. The minimum absolute atomic E-state index is 0.0127. The molecule has 4 aromatic rings. The van der Waals surface area contributed by atoms with Crippen LogP contribution in [-0.2, 0) is 4.79 Å². The molecule has 0 unspecified atom stereocenters. The molecule has 0 N–H and O–H groups in total. The van der Waals surface area contributed by atoms with Crippen LogP contribution in [0.2, 0.25) is 0 Å². The first-order valence-electron chi connectivity index (χ1n) is 8.91. The lowest BCUT2D eigenvalue weighted by molar-refractivity contribution is -0.115. The van der Waals surface area contributed by atoms with Gasteiger partial charge in [-0.3, -0.25) is 9.69 Å². The SMILES string of the molecule is Cc1sc2ncnc(SCC(=O)N(c3ccccc3)c3ccccc3)c2c1C. The maximum absolute atomic E-state index is 13.2. The van der Waals surface area contributed by atoms with Gasteiger partial charge in [-0.2, -0.15) is 0 Å². The molecule has 0 spiro atoms. The predicted molar refractivity (Wildman–Crippen MR) is 118 cm³/mol. The van der Waals surface area contributed by atoms with Gasteiger partial charge in [0.15, 0.2) is 0 Å². The summed E-state index contributed by atoms with van der Waals surface area (Å²) in [5.74, 6) is 0.309. The number of rotatable bonds is 5. The fraction of sp³-hybridized carbons (Fsp3) is 0.136. The molecule has 28 heavy (non-hydrogen) atoms. The van der Waals surface area contributed by atoms with Gasteiger partial charge in [0.25, 0.3) is 0 Å². The minimum Gasteiger partial charge on any atom is -0.280 e. The molecule has 6 heteroatoms. The normalized spacial score (nSPS) is 10.9. The number of anilines is 2. The van der Waals surface area contributed by atoms with E-state index < -0.39 is 0 Å². The standard InChI is InChI=1S/C22H19N3OS2/c1-15-16(2)28-22-20(15)21(23-14-24-22)27-13-19(26)25(17-9-5-3-6-10-17)18-11-7-4-8-12-18/h3-12,14H,13H2,1-2H3. The van der Waals surface area contributed by atoms with Crippen LogP contribution < -0.4 is 4.90 Å². The van der Waals surface area contributed by atoms with Crippen LogP contribution in [0.4, 0.5) is 11.4 Å². The minimum atomic E-state index is 0.0127. The zero-order valence-corrected chi connectivity index (χ0v) is 17.3. The molecule has 1 amide bonds. The molecule has 0 atom stereocenters. The van der Waals surface area contributed by atoms with Crippen molar-refractivity contribution in [3.05, 3.63) is 77.4 Å². The topological polar surface area (TPSA) is 46.1 Å². The number of nitrogens with zero attached hydrogens (tertiary/aromatic N) is 3. The van der Waals surface area contributed by atoms with Crippen LogP contribution in [0, 0.1) is 13.8 Å². The highest BCUT2D eigenvalue weighted by molar-refractivity contribution is 8.00. The van der Waals surface area contributed by atoms with E-state index in [1.807, 2.05) is 60.7 Å². The summed E-state index contributed by atoms with van der Waals surface area (Å²) in [5, 5.41) is 1.93. The van der Waals surface area contributed by atoms with Gasteiger partial charge in [0.05, 0.1) is 5.75 Å². The number of hydrogen-bond acceptors (Lipinski definition) is 5. The maximum Gasteiger partial charge on any atom is 0.241 e. The molecular weight excluding hydrogens is 386 g/mol. The molecule has 0 aliphatic rings. The Kier molecular flexibility index (Phi) is 5.41. The third kappa shape index (κ3) is 3.66. The second-order valence-corrected chi connectivity index (χ2v) is 8.50. The maximum atomic E-state index is 13.2. The van der Waals surface area contributed by atoms with E-state index in [1.165, 1.54) is 22.2 Å². The zero-order valence-electron chi connectivity index (χ0n) is 15.6. The van der Waals surface area contributed by atoms with Crippen molar-refractivity contribution in [1.29, 1.82) is 0 Å².